The Kier molecular flexibility index (Phi) is 14.3. The quantitative estimate of drug-likeness (QED) is 0.548. The van der Waals surface area contributed by atoms with Gasteiger partial charge in [0, 0.05) is 0 Å². The van der Waals surface area contributed by atoms with Crippen molar-refractivity contribution in [1.29, 1.82) is 0 Å². The number of nitrogens with two attached hydrogens (primary N) is 1. The first kappa shape index (κ1) is 21.7. The Morgan fingerprint density at radius 1 is 1.25 bits per heavy atom. The molecule has 0 aliphatic rings. The molecule has 0 aromatic heterocycles. The summed E-state index contributed by atoms with van der Waals surface area (Å²) < 4.78 is 0. The Morgan fingerprint density at radius 2 is 1.69 bits per heavy atom. The normalized spacial score (nSPS) is 10.1. The zero-order chi connectivity index (χ0) is 9.84. The van der Waals surface area contributed by atoms with Gasteiger partial charge in [-0.3, -0.25) is 4.79 Å². The van der Waals surface area contributed by atoms with Gasteiger partial charge in [0.05, 0.1) is 0 Å². The average molecular weight is 247 g/mol. The van der Waals surface area contributed by atoms with Crippen LogP contribution in [0, 0.1) is 0 Å². The zero-order valence-electron chi connectivity index (χ0n) is 7.47. The van der Waals surface area contributed by atoms with E-state index in [1.54, 1.807) is 12.1 Å². The third kappa shape index (κ3) is 7.65. The van der Waals surface area contributed by atoms with Crippen molar-refractivity contribution in [3.63, 3.8) is 0 Å². The first-order chi connectivity index (χ1) is 6.09. The van der Waals surface area contributed by atoms with Crippen LogP contribution in [-0.4, -0.2) is 86.8 Å². The fraction of sp³-hybridized carbons (Fsp3) is 0.222. The molecule has 82 valence electrons. The standard InChI is InChI=1S/C9H11NO3.2Na.H2O.2H/c10-8(9(12)13)5-6-1-3-7(11)4-2-6;;;;;/h1-4,8,11H,5,10H2,(H,12,13);;;1H2;;/t8-;;;;;/m0...../s1. The second-order valence-electron chi connectivity index (χ2n) is 2.82. The van der Waals surface area contributed by atoms with Crippen LogP contribution in [0.1, 0.15) is 5.56 Å². The Hall–Kier alpha value is 0.410. The van der Waals surface area contributed by atoms with Crippen LogP contribution >= 0.6 is 0 Å². The third-order valence-electron chi connectivity index (χ3n) is 1.71. The summed E-state index contributed by atoms with van der Waals surface area (Å²) in [6.07, 6.45) is 0.273. The summed E-state index contributed by atoms with van der Waals surface area (Å²) in [6.45, 7) is 0. The second-order valence-corrected chi connectivity index (χ2v) is 2.82. The second kappa shape index (κ2) is 10.6. The summed E-state index contributed by atoms with van der Waals surface area (Å²) in [5.41, 5.74) is 6.12. The molecule has 0 saturated heterocycles. The molecule has 1 atom stereocenters. The molecule has 0 bridgehead atoms. The number of phenolic OH excluding ortho intramolecular Hbond substituents is 1. The minimum atomic E-state index is -1.02. The Labute approximate surface area is 138 Å². The first-order valence-corrected chi connectivity index (χ1v) is 3.86. The van der Waals surface area contributed by atoms with Gasteiger partial charge in [-0.25, -0.2) is 0 Å². The summed E-state index contributed by atoms with van der Waals surface area (Å²) in [7, 11) is 0. The number of carboxylic acid groups (broad SMARTS) is 1. The fourth-order valence-corrected chi connectivity index (χ4v) is 0.973. The SMILES string of the molecule is N[C@@H](Cc1ccc(O)cc1)C(=O)O.O.[NaH].[NaH]. The van der Waals surface area contributed by atoms with Crippen molar-refractivity contribution in [2.24, 2.45) is 5.73 Å². The van der Waals surface area contributed by atoms with Gasteiger partial charge in [0.25, 0.3) is 0 Å². The van der Waals surface area contributed by atoms with Crippen molar-refractivity contribution < 1.29 is 20.5 Å². The number of phenols is 1. The van der Waals surface area contributed by atoms with Crippen molar-refractivity contribution in [1.82, 2.24) is 0 Å². The molecule has 1 rings (SSSR count). The van der Waals surface area contributed by atoms with Gasteiger partial charge in [-0.15, -0.1) is 0 Å². The van der Waals surface area contributed by atoms with Crippen LogP contribution in [0.3, 0.4) is 0 Å². The number of rotatable bonds is 3. The topological polar surface area (TPSA) is 115 Å². The van der Waals surface area contributed by atoms with E-state index in [0.717, 1.165) is 5.56 Å². The van der Waals surface area contributed by atoms with E-state index >= 15 is 0 Å². The molecule has 0 unspecified atom stereocenters. The molecule has 1 aromatic carbocycles. The zero-order valence-corrected chi connectivity index (χ0v) is 7.47. The molecular formula is C9H15NNa2O4. The molecule has 6 N–H and O–H groups in total. The number of carboxylic acids is 1. The molecule has 7 heteroatoms. The number of carbonyl (C=O) groups is 1. The predicted molar refractivity (Wildman–Crippen MR) is 65.3 cm³/mol. The molecule has 0 aliphatic heterocycles. The van der Waals surface area contributed by atoms with Crippen molar-refractivity contribution in [3.8, 4) is 5.75 Å². The van der Waals surface area contributed by atoms with Gasteiger partial charge < -0.3 is 21.4 Å². The summed E-state index contributed by atoms with van der Waals surface area (Å²) in [5, 5.41) is 17.5. The number of hydrogen-bond donors (Lipinski definition) is 3. The maximum atomic E-state index is 10.4. The van der Waals surface area contributed by atoms with E-state index in [4.69, 9.17) is 15.9 Å². The van der Waals surface area contributed by atoms with E-state index in [1.165, 1.54) is 12.1 Å². The van der Waals surface area contributed by atoms with E-state index in [-0.39, 0.29) is 76.8 Å². The summed E-state index contributed by atoms with van der Waals surface area (Å²) >= 11 is 0. The molecule has 0 radical (unpaired) electrons. The van der Waals surface area contributed by atoms with E-state index in [9.17, 15) is 4.79 Å². The maximum absolute atomic E-state index is 10.4. The fourth-order valence-electron chi connectivity index (χ4n) is 0.973. The van der Waals surface area contributed by atoms with Crippen molar-refractivity contribution in [2.75, 3.05) is 0 Å². The van der Waals surface area contributed by atoms with Crippen LogP contribution in [0.5, 0.6) is 5.75 Å². The monoisotopic (exact) mass is 247 g/mol. The number of aromatic hydroxyl groups is 1. The van der Waals surface area contributed by atoms with E-state index in [2.05, 4.69) is 0 Å². The van der Waals surface area contributed by atoms with Gasteiger partial charge in [-0.1, -0.05) is 12.1 Å². The molecule has 5 nitrogen and oxygen atoms in total. The molecule has 0 amide bonds. The van der Waals surface area contributed by atoms with E-state index in [1.807, 2.05) is 0 Å². The van der Waals surface area contributed by atoms with Crippen molar-refractivity contribution in [3.05, 3.63) is 29.8 Å². The molecule has 0 fully saturated rings. The van der Waals surface area contributed by atoms with Crippen molar-refractivity contribution >= 4 is 65.1 Å². The summed E-state index contributed by atoms with van der Waals surface area (Å²) in [4.78, 5) is 10.4. The molecule has 0 spiro atoms. The van der Waals surface area contributed by atoms with Gasteiger partial charge >= 0.3 is 65.1 Å². The van der Waals surface area contributed by atoms with Gasteiger partial charge in [-0.05, 0) is 24.1 Å². The number of benzene rings is 1. The van der Waals surface area contributed by atoms with Crippen LogP contribution < -0.4 is 5.73 Å². The molecule has 0 aliphatic carbocycles. The van der Waals surface area contributed by atoms with Gasteiger partial charge in [0.15, 0.2) is 0 Å². The van der Waals surface area contributed by atoms with E-state index in [0.29, 0.717) is 0 Å². The average Bonchev–Trinajstić information content (AvgIpc) is 2.08. The Morgan fingerprint density at radius 3 is 2.06 bits per heavy atom. The summed E-state index contributed by atoms with van der Waals surface area (Å²) in [5.74, 6) is -0.860. The van der Waals surface area contributed by atoms with Crippen LogP contribution in [0.2, 0.25) is 0 Å². The molecule has 1 aromatic rings. The first-order valence-electron chi connectivity index (χ1n) is 3.86. The van der Waals surface area contributed by atoms with Crippen LogP contribution in [-0.2, 0) is 11.2 Å². The van der Waals surface area contributed by atoms with Gasteiger partial charge in [-0.2, -0.15) is 0 Å². The van der Waals surface area contributed by atoms with E-state index < -0.39 is 12.0 Å². The Balaban J connectivity index is -0.000000563. The number of hydrogen-bond acceptors (Lipinski definition) is 3. The van der Waals surface area contributed by atoms with Crippen molar-refractivity contribution in [2.45, 2.75) is 12.5 Å². The predicted octanol–water partition coefficient (Wildman–Crippen LogP) is -1.78. The molecule has 0 saturated carbocycles. The summed E-state index contributed by atoms with van der Waals surface area (Å²) in [6, 6.07) is 5.42. The van der Waals surface area contributed by atoms with Crippen LogP contribution in [0.25, 0.3) is 0 Å². The minimum absolute atomic E-state index is 0. The van der Waals surface area contributed by atoms with Crippen LogP contribution in [0.15, 0.2) is 24.3 Å². The van der Waals surface area contributed by atoms with Crippen LogP contribution in [0.4, 0.5) is 0 Å². The van der Waals surface area contributed by atoms with Gasteiger partial charge in [0.2, 0.25) is 0 Å². The molecule has 0 heterocycles. The molecular weight excluding hydrogens is 232 g/mol. The number of aliphatic carboxylic acids is 1. The van der Waals surface area contributed by atoms with Gasteiger partial charge in [0.1, 0.15) is 11.8 Å². The Bertz CT molecular complexity index is 305. The third-order valence-corrected chi connectivity index (χ3v) is 1.71. The molecule has 16 heavy (non-hydrogen) atoms.